The SMILES string of the molecule is C[C@H]1[C@@H](N(C)c2nc(OC[C@@]34CCCN3C[C@H](F)C4)nc3c(F)c(-c4ccc(F)c5sc(N)c(C#N)c45)c(C(F)(F)F)cc23)CCN1C(=O)CC#N. The van der Waals surface area contributed by atoms with Gasteiger partial charge in [-0.3, -0.25) is 9.69 Å². The Balaban J connectivity index is 1.44. The van der Waals surface area contributed by atoms with Crippen molar-refractivity contribution in [1.82, 2.24) is 19.8 Å². The summed E-state index contributed by atoms with van der Waals surface area (Å²) in [5.74, 6) is -2.77. The molecule has 2 aromatic carbocycles. The number of halogens is 6. The molecule has 2 aromatic heterocycles. The molecule has 0 radical (unpaired) electrons. The molecule has 4 aromatic rings. The van der Waals surface area contributed by atoms with Gasteiger partial charge in [-0.25, -0.2) is 13.2 Å². The number of hydrogen-bond acceptors (Lipinski definition) is 10. The number of nitriles is 2. The van der Waals surface area contributed by atoms with Crippen LogP contribution in [0.2, 0.25) is 0 Å². The number of alkyl halides is 4. The van der Waals surface area contributed by atoms with Gasteiger partial charge in [-0.15, -0.1) is 11.3 Å². The van der Waals surface area contributed by atoms with Gasteiger partial charge in [0, 0.05) is 48.9 Å². The van der Waals surface area contributed by atoms with E-state index in [4.69, 9.17) is 15.7 Å². The van der Waals surface area contributed by atoms with Gasteiger partial charge >= 0.3 is 12.2 Å². The maximum Gasteiger partial charge on any atom is 0.417 e. The molecule has 1 amide bonds. The predicted molar refractivity (Wildman–Crippen MR) is 181 cm³/mol. The van der Waals surface area contributed by atoms with Crippen molar-refractivity contribution < 1.29 is 35.9 Å². The van der Waals surface area contributed by atoms with Gasteiger partial charge in [0.15, 0.2) is 5.82 Å². The van der Waals surface area contributed by atoms with Crippen LogP contribution in [-0.4, -0.2) is 82.8 Å². The third-order valence-electron chi connectivity index (χ3n) is 10.7. The highest BCUT2D eigenvalue weighted by atomic mass is 32.1. The van der Waals surface area contributed by atoms with Crippen molar-refractivity contribution >= 4 is 49.1 Å². The molecule has 0 bridgehead atoms. The molecular weight excluding hydrogens is 710 g/mol. The van der Waals surface area contributed by atoms with Gasteiger partial charge in [0.1, 0.15) is 47.4 Å². The number of benzene rings is 2. The van der Waals surface area contributed by atoms with Gasteiger partial charge in [0.2, 0.25) is 5.91 Å². The smallest absolute Gasteiger partial charge is 0.417 e. The standard InChI is InChI=1S/C35H32F6N8O2S/c1-17-24(7-11-49(17)25(50)6-9-42)47(2)32-20-12-22(35(39,40)41)27(19-4-5-23(37)30-26(19)21(14-43)31(44)52-30)28(38)29(20)45-33(46-32)51-16-34-8-3-10-48(34)15-18(36)13-34/h4-5,12,17-18,24H,3,6-8,10-11,13,15-16,44H2,1-2H3/t17-,18+,24-,34-/m0/s1. The second kappa shape index (κ2) is 13.0. The molecule has 0 spiro atoms. The lowest BCUT2D eigenvalue weighted by Gasteiger charge is -2.33. The fourth-order valence-corrected chi connectivity index (χ4v) is 9.24. The van der Waals surface area contributed by atoms with Crippen LogP contribution in [0.25, 0.3) is 32.1 Å². The summed E-state index contributed by atoms with van der Waals surface area (Å²) in [7, 11) is 1.56. The monoisotopic (exact) mass is 742 g/mol. The topological polar surface area (TPSA) is 135 Å². The molecule has 3 fully saturated rings. The lowest BCUT2D eigenvalue weighted by atomic mass is 9.92. The second-order valence-electron chi connectivity index (χ2n) is 13.6. The summed E-state index contributed by atoms with van der Waals surface area (Å²) < 4.78 is 97.6. The molecule has 17 heteroatoms. The molecule has 3 saturated heterocycles. The largest absolute Gasteiger partial charge is 0.461 e. The molecule has 5 heterocycles. The van der Waals surface area contributed by atoms with E-state index in [1.807, 2.05) is 17.0 Å². The molecule has 0 aliphatic carbocycles. The minimum Gasteiger partial charge on any atom is -0.461 e. The number of nitrogens with two attached hydrogens (primary N) is 1. The number of hydrogen-bond donors (Lipinski definition) is 1. The normalized spacial score (nSPS) is 23.3. The molecule has 3 aliphatic heterocycles. The molecule has 10 nitrogen and oxygen atoms in total. The maximum absolute atomic E-state index is 17.1. The highest BCUT2D eigenvalue weighted by Crippen LogP contribution is 2.48. The summed E-state index contributed by atoms with van der Waals surface area (Å²) in [6.45, 7) is 2.86. The molecule has 7 rings (SSSR count). The van der Waals surface area contributed by atoms with Crippen molar-refractivity contribution in [3.8, 4) is 29.3 Å². The quantitative estimate of drug-likeness (QED) is 0.209. The highest BCUT2D eigenvalue weighted by molar-refractivity contribution is 7.23. The van der Waals surface area contributed by atoms with Crippen LogP contribution in [0.15, 0.2) is 18.2 Å². The Morgan fingerprint density at radius 2 is 2.00 bits per heavy atom. The van der Waals surface area contributed by atoms with Crippen LogP contribution in [0.3, 0.4) is 0 Å². The number of aromatic nitrogens is 2. The van der Waals surface area contributed by atoms with E-state index in [1.54, 1.807) is 18.9 Å². The molecule has 0 saturated carbocycles. The number of thiophene rings is 1. The number of carbonyl (C=O) groups is 1. The Morgan fingerprint density at radius 1 is 1.23 bits per heavy atom. The van der Waals surface area contributed by atoms with E-state index in [1.165, 1.54) is 4.90 Å². The van der Waals surface area contributed by atoms with Gasteiger partial charge < -0.3 is 20.3 Å². The second-order valence-corrected chi connectivity index (χ2v) is 14.6. The van der Waals surface area contributed by atoms with Crippen LogP contribution in [-0.2, 0) is 11.0 Å². The van der Waals surface area contributed by atoms with E-state index in [0.29, 0.717) is 30.7 Å². The zero-order chi connectivity index (χ0) is 37.3. The molecule has 0 unspecified atom stereocenters. The number of anilines is 2. The molecule has 4 atom stereocenters. The van der Waals surface area contributed by atoms with E-state index < -0.39 is 69.7 Å². The Kier molecular flexibility index (Phi) is 8.86. The Morgan fingerprint density at radius 3 is 2.71 bits per heavy atom. The predicted octanol–water partition coefficient (Wildman–Crippen LogP) is 6.56. The molecule has 3 aliphatic rings. The first-order valence-corrected chi connectivity index (χ1v) is 17.4. The zero-order valence-electron chi connectivity index (χ0n) is 28.0. The summed E-state index contributed by atoms with van der Waals surface area (Å²) in [6, 6.07) is 4.86. The number of rotatable bonds is 7. The Labute approximate surface area is 298 Å². The first kappa shape index (κ1) is 35.5. The van der Waals surface area contributed by atoms with Gasteiger partial charge in [-0.1, -0.05) is 6.07 Å². The lowest BCUT2D eigenvalue weighted by molar-refractivity contribution is -0.137. The van der Waals surface area contributed by atoms with E-state index in [0.717, 1.165) is 24.6 Å². The molecule has 272 valence electrons. The van der Waals surface area contributed by atoms with Crippen LogP contribution < -0.4 is 15.4 Å². The highest BCUT2D eigenvalue weighted by Gasteiger charge is 2.49. The third kappa shape index (κ3) is 5.70. The number of ether oxygens (including phenoxy) is 1. The van der Waals surface area contributed by atoms with Crippen molar-refractivity contribution in [3.63, 3.8) is 0 Å². The number of fused-ring (bicyclic) bond motifs is 3. The lowest BCUT2D eigenvalue weighted by Crippen LogP contribution is -2.44. The van der Waals surface area contributed by atoms with Gasteiger partial charge in [0.05, 0.1) is 33.5 Å². The van der Waals surface area contributed by atoms with Crippen LogP contribution in [0.5, 0.6) is 6.01 Å². The minimum atomic E-state index is -5.15. The van der Waals surface area contributed by atoms with Gasteiger partial charge in [-0.05, 0) is 50.4 Å². The average Bonchev–Trinajstić information content (AvgIpc) is 3.84. The van der Waals surface area contributed by atoms with E-state index in [-0.39, 0.29) is 70.4 Å². The number of carbonyl (C=O) groups excluding carboxylic acids is 1. The average molecular weight is 743 g/mol. The number of nitrogen functional groups attached to an aromatic ring is 1. The first-order valence-electron chi connectivity index (χ1n) is 16.6. The third-order valence-corrected chi connectivity index (χ3v) is 11.7. The van der Waals surface area contributed by atoms with Crippen LogP contribution in [0.4, 0.5) is 37.2 Å². The number of likely N-dealkylation sites (N-methyl/N-ethyl adjacent to an activating group) is 1. The van der Waals surface area contributed by atoms with Crippen molar-refractivity contribution in [2.45, 2.75) is 69.0 Å². The fourth-order valence-electron chi connectivity index (χ4n) is 8.29. The van der Waals surface area contributed by atoms with E-state index >= 15 is 17.6 Å². The molecule has 52 heavy (non-hydrogen) atoms. The van der Waals surface area contributed by atoms with E-state index in [2.05, 4.69) is 9.97 Å². The maximum atomic E-state index is 17.1. The van der Waals surface area contributed by atoms with Crippen LogP contribution in [0, 0.1) is 34.3 Å². The fraction of sp³-hybridized carbons (Fsp3) is 0.457. The van der Waals surface area contributed by atoms with Crippen molar-refractivity contribution in [1.29, 1.82) is 10.5 Å². The summed E-state index contributed by atoms with van der Waals surface area (Å²) >= 11 is 0.663. The number of amides is 1. The van der Waals surface area contributed by atoms with Crippen LogP contribution >= 0.6 is 11.3 Å². The summed E-state index contributed by atoms with van der Waals surface area (Å²) in [4.78, 5) is 26.5. The first-order chi connectivity index (χ1) is 24.7. The minimum absolute atomic E-state index is 0.0498. The molecule has 2 N–H and O–H groups in total. The summed E-state index contributed by atoms with van der Waals surface area (Å²) in [5.41, 5.74) is 1.70. The van der Waals surface area contributed by atoms with E-state index in [9.17, 15) is 18.8 Å². The van der Waals surface area contributed by atoms with Crippen LogP contribution in [0.1, 0.15) is 50.2 Å². The Bertz CT molecular complexity index is 2200. The number of likely N-dealkylation sites (tertiary alicyclic amines) is 1. The van der Waals surface area contributed by atoms with Crippen molar-refractivity contribution in [2.75, 3.05) is 43.9 Å². The summed E-state index contributed by atoms with van der Waals surface area (Å²) in [6.07, 6.45) is -4.55. The van der Waals surface area contributed by atoms with Gasteiger partial charge in [-0.2, -0.15) is 33.7 Å². The Hall–Kier alpha value is -4.87. The van der Waals surface area contributed by atoms with Gasteiger partial charge in [0.25, 0.3) is 0 Å². The van der Waals surface area contributed by atoms with Crippen molar-refractivity contribution in [3.05, 3.63) is 41.0 Å². The molecular formula is C35H32F6N8O2S. The summed E-state index contributed by atoms with van der Waals surface area (Å²) in [5, 5.41) is 18.2. The number of nitrogens with zero attached hydrogens (tertiary/aromatic N) is 7. The van der Waals surface area contributed by atoms with Crippen molar-refractivity contribution in [2.24, 2.45) is 0 Å². The zero-order valence-corrected chi connectivity index (χ0v) is 28.8.